The molecule has 0 spiro atoms. The number of rotatable bonds is 5. The first-order chi connectivity index (χ1) is 14.6. The van der Waals surface area contributed by atoms with Crippen molar-refractivity contribution in [2.45, 2.75) is 20.4 Å². The minimum atomic E-state index is -1.50. The average molecular weight is 468 g/mol. The molecule has 0 saturated carbocycles. The zero-order valence-corrected chi connectivity index (χ0v) is 18.2. The second-order valence-electron chi connectivity index (χ2n) is 6.63. The molecular weight excluding hydrogens is 451 g/mol. The van der Waals surface area contributed by atoms with Crippen LogP contribution in [-0.2, 0) is 6.54 Å². The Balaban J connectivity index is 2.49. The maximum absolute atomic E-state index is 15.0. The molecule has 0 radical (unpaired) electrons. The van der Waals surface area contributed by atoms with E-state index in [-0.39, 0.29) is 33.4 Å². The fraction of sp³-hybridized carbons (Fsp3) is 0.182. The van der Waals surface area contributed by atoms with Crippen molar-refractivity contribution in [3.05, 3.63) is 73.5 Å². The van der Waals surface area contributed by atoms with Crippen LogP contribution < -0.4 is 10.2 Å². The number of halogens is 4. The average Bonchev–Trinajstić information content (AvgIpc) is 2.71. The van der Waals surface area contributed by atoms with Crippen LogP contribution in [0.5, 0.6) is 5.75 Å². The Labute approximate surface area is 186 Å². The summed E-state index contributed by atoms with van der Waals surface area (Å²) in [5, 5.41) is 10.3. The summed E-state index contributed by atoms with van der Waals surface area (Å²) in [6, 6.07) is 6.53. The standard InChI is InChI=1S/C22H17Cl2F2NO4/c1-4-27-10(2)16(12-6-8-15(25)21(31-3)18(12)26)20(28)17(22(29)30)19(27)11-5-7-13(23)14(24)9-11/h5-9H,4H2,1-3H3,(H,29,30). The van der Waals surface area contributed by atoms with Crippen LogP contribution in [-0.4, -0.2) is 22.8 Å². The lowest BCUT2D eigenvalue weighted by Gasteiger charge is -2.22. The molecule has 0 fully saturated rings. The van der Waals surface area contributed by atoms with Crippen molar-refractivity contribution in [3.8, 4) is 28.1 Å². The largest absolute Gasteiger partial charge is 0.491 e. The van der Waals surface area contributed by atoms with Crippen LogP contribution in [0.25, 0.3) is 22.4 Å². The third-order valence-corrected chi connectivity index (χ3v) is 5.71. The fourth-order valence-electron chi connectivity index (χ4n) is 3.60. The summed E-state index contributed by atoms with van der Waals surface area (Å²) in [7, 11) is 1.10. The van der Waals surface area contributed by atoms with E-state index in [2.05, 4.69) is 0 Å². The molecule has 0 saturated heterocycles. The molecule has 31 heavy (non-hydrogen) atoms. The number of aromatic nitrogens is 1. The van der Waals surface area contributed by atoms with Gasteiger partial charge >= 0.3 is 5.97 Å². The lowest BCUT2D eigenvalue weighted by molar-refractivity contribution is 0.0695. The monoisotopic (exact) mass is 467 g/mol. The van der Waals surface area contributed by atoms with Gasteiger partial charge in [0.25, 0.3) is 0 Å². The van der Waals surface area contributed by atoms with Gasteiger partial charge in [0, 0.05) is 23.4 Å². The van der Waals surface area contributed by atoms with Crippen molar-refractivity contribution in [1.29, 1.82) is 0 Å². The van der Waals surface area contributed by atoms with Crippen LogP contribution in [0.3, 0.4) is 0 Å². The van der Waals surface area contributed by atoms with Gasteiger partial charge in [0.15, 0.2) is 17.4 Å². The van der Waals surface area contributed by atoms with Gasteiger partial charge in [0.2, 0.25) is 5.43 Å². The second kappa shape index (κ2) is 8.69. The zero-order chi connectivity index (χ0) is 23.0. The molecule has 9 heteroatoms. The number of hydrogen-bond donors (Lipinski definition) is 1. The third kappa shape index (κ3) is 3.79. The molecule has 0 aliphatic heterocycles. The maximum Gasteiger partial charge on any atom is 0.341 e. The smallest absolute Gasteiger partial charge is 0.341 e. The number of carboxylic acids is 1. The summed E-state index contributed by atoms with van der Waals surface area (Å²) in [6.07, 6.45) is 0. The lowest BCUT2D eigenvalue weighted by Crippen LogP contribution is -2.25. The summed E-state index contributed by atoms with van der Waals surface area (Å²) in [5.74, 6) is -4.19. The third-order valence-electron chi connectivity index (χ3n) is 4.97. The summed E-state index contributed by atoms with van der Waals surface area (Å²) >= 11 is 12.1. The number of carboxylic acid groups (broad SMARTS) is 1. The molecule has 5 nitrogen and oxygen atoms in total. The van der Waals surface area contributed by atoms with Gasteiger partial charge in [-0.05, 0) is 38.1 Å². The number of hydrogen-bond acceptors (Lipinski definition) is 3. The molecule has 0 aliphatic carbocycles. The molecule has 2 aromatic carbocycles. The number of methoxy groups -OCH3 is 1. The first kappa shape index (κ1) is 22.8. The minimum absolute atomic E-state index is 0.106. The van der Waals surface area contributed by atoms with E-state index < -0.39 is 34.3 Å². The van der Waals surface area contributed by atoms with Crippen molar-refractivity contribution in [3.63, 3.8) is 0 Å². The summed E-state index contributed by atoms with van der Waals surface area (Å²) in [4.78, 5) is 25.5. The van der Waals surface area contributed by atoms with E-state index in [9.17, 15) is 23.5 Å². The van der Waals surface area contributed by atoms with Crippen molar-refractivity contribution in [2.24, 2.45) is 0 Å². The van der Waals surface area contributed by atoms with Crippen LogP contribution in [0, 0.1) is 18.6 Å². The Morgan fingerprint density at radius 3 is 2.39 bits per heavy atom. The van der Waals surface area contributed by atoms with E-state index in [1.54, 1.807) is 24.5 Å². The van der Waals surface area contributed by atoms with Crippen LogP contribution in [0.4, 0.5) is 8.78 Å². The van der Waals surface area contributed by atoms with E-state index in [0.717, 1.165) is 19.2 Å². The minimum Gasteiger partial charge on any atom is -0.491 e. The summed E-state index contributed by atoms with van der Waals surface area (Å²) < 4.78 is 35.2. The summed E-state index contributed by atoms with van der Waals surface area (Å²) in [6.45, 7) is 3.56. The van der Waals surface area contributed by atoms with Crippen LogP contribution in [0.1, 0.15) is 23.0 Å². The Hall–Kier alpha value is -2.90. The molecule has 1 heterocycles. The van der Waals surface area contributed by atoms with Gasteiger partial charge in [-0.2, -0.15) is 0 Å². The number of carbonyl (C=O) groups is 1. The van der Waals surface area contributed by atoms with E-state index in [1.165, 1.54) is 12.1 Å². The highest BCUT2D eigenvalue weighted by Crippen LogP contribution is 2.35. The van der Waals surface area contributed by atoms with Gasteiger partial charge in [-0.1, -0.05) is 29.3 Å². The van der Waals surface area contributed by atoms with Crippen molar-refractivity contribution >= 4 is 29.2 Å². The number of benzene rings is 2. The Morgan fingerprint density at radius 2 is 1.84 bits per heavy atom. The van der Waals surface area contributed by atoms with E-state index in [1.807, 2.05) is 0 Å². The highest BCUT2D eigenvalue weighted by Gasteiger charge is 2.28. The molecule has 1 aromatic heterocycles. The predicted octanol–water partition coefficient (Wildman–Crippen LogP) is 5.80. The molecule has 0 atom stereocenters. The van der Waals surface area contributed by atoms with Crippen molar-refractivity contribution in [1.82, 2.24) is 4.57 Å². The zero-order valence-electron chi connectivity index (χ0n) is 16.7. The van der Waals surface area contributed by atoms with Gasteiger partial charge in [0.1, 0.15) is 5.56 Å². The van der Waals surface area contributed by atoms with Crippen molar-refractivity contribution in [2.75, 3.05) is 7.11 Å². The molecule has 0 unspecified atom stereocenters. The van der Waals surface area contributed by atoms with E-state index in [4.69, 9.17) is 27.9 Å². The number of pyridine rings is 1. The topological polar surface area (TPSA) is 68.5 Å². The summed E-state index contributed by atoms with van der Waals surface area (Å²) in [5.41, 5.74) is -1.17. The van der Waals surface area contributed by atoms with Gasteiger partial charge in [-0.3, -0.25) is 4.79 Å². The number of nitrogens with zero attached hydrogens (tertiary/aromatic N) is 1. The van der Waals surface area contributed by atoms with Crippen LogP contribution in [0.2, 0.25) is 10.0 Å². The SMILES string of the molecule is CCn1c(C)c(-c2ccc(F)c(OC)c2F)c(=O)c(C(=O)O)c1-c1ccc(Cl)c(Cl)c1. The first-order valence-corrected chi connectivity index (χ1v) is 9.88. The fourth-order valence-corrected chi connectivity index (χ4v) is 3.90. The predicted molar refractivity (Wildman–Crippen MR) is 115 cm³/mol. The van der Waals surface area contributed by atoms with Gasteiger partial charge in [-0.25, -0.2) is 13.6 Å². The van der Waals surface area contributed by atoms with Crippen molar-refractivity contribution < 1.29 is 23.4 Å². The molecule has 0 bridgehead atoms. The molecule has 0 amide bonds. The van der Waals surface area contributed by atoms with E-state index >= 15 is 0 Å². The van der Waals surface area contributed by atoms with Gasteiger partial charge < -0.3 is 14.4 Å². The Kier molecular flexibility index (Phi) is 6.38. The highest BCUT2D eigenvalue weighted by molar-refractivity contribution is 6.42. The first-order valence-electron chi connectivity index (χ1n) is 9.12. The molecule has 3 rings (SSSR count). The Bertz CT molecular complexity index is 1270. The van der Waals surface area contributed by atoms with Gasteiger partial charge in [-0.15, -0.1) is 0 Å². The van der Waals surface area contributed by atoms with Crippen LogP contribution in [0.15, 0.2) is 35.1 Å². The number of aromatic carboxylic acids is 1. The molecule has 1 N–H and O–H groups in total. The van der Waals surface area contributed by atoms with Crippen LogP contribution >= 0.6 is 23.2 Å². The molecule has 162 valence electrons. The normalized spacial score (nSPS) is 10.9. The highest BCUT2D eigenvalue weighted by atomic mass is 35.5. The molecule has 3 aromatic rings. The number of ether oxygens (including phenoxy) is 1. The second-order valence-corrected chi connectivity index (χ2v) is 7.45. The van der Waals surface area contributed by atoms with Gasteiger partial charge in [0.05, 0.1) is 28.4 Å². The van der Waals surface area contributed by atoms with E-state index in [0.29, 0.717) is 11.3 Å². The Morgan fingerprint density at radius 1 is 1.16 bits per heavy atom. The lowest BCUT2D eigenvalue weighted by atomic mass is 9.95. The maximum atomic E-state index is 15.0. The molecular formula is C22H17Cl2F2NO4. The molecule has 0 aliphatic rings. The quantitative estimate of drug-likeness (QED) is 0.514.